The highest BCUT2D eigenvalue weighted by Crippen LogP contribution is 2.25. The van der Waals surface area contributed by atoms with E-state index in [-0.39, 0.29) is 5.95 Å². The summed E-state index contributed by atoms with van der Waals surface area (Å²) in [6.07, 6.45) is 0. The topological polar surface area (TPSA) is 63.8 Å². The Morgan fingerprint density at radius 1 is 0.947 bits per heavy atom. The van der Waals surface area contributed by atoms with E-state index >= 15 is 0 Å². The zero-order chi connectivity index (χ0) is 13.2. The SMILES string of the molecule is Cc1ccccc1Nc1nc(N)nc2ccccc12. The minimum Gasteiger partial charge on any atom is -0.368 e. The van der Waals surface area contributed by atoms with E-state index in [1.54, 1.807) is 0 Å². The first-order valence-electron chi connectivity index (χ1n) is 6.09. The number of hydrogen-bond donors (Lipinski definition) is 2. The van der Waals surface area contributed by atoms with Crippen molar-refractivity contribution in [2.24, 2.45) is 0 Å². The molecule has 0 fully saturated rings. The first kappa shape index (κ1) is 11.5. The smallest absolute Gasteiger partial charge is 0.222 e. The molecule has 0 saturated carbocycles. The van der Waals surface area contributed by atoms with Crippen molar-refractivity contribution < 1.29 is 0 Å². The molecule has 3 aromatic rings. The number of aryl methyl sites for hydroxylation is 1. The van der Waals surface area contributed by atoms with Crippen LogP contribution in [0.15, 0.2) is 48.5 Å². The molecule has 0 unspecified atom stereocenters. The molecule has 0 bridgehead atoms. The molecule has 3 N–H and O–H groups in total. The molecule has 0 aliphatic carbocycles. The minimum absolute atomic E-state index is 0.273. The van der Waals surface area contributed by atoms with Crippen LogP contribution in [0.1, 0.15) is 5.56 Å². The Morgan fingerprint density at radius 3 is 2.53 bits per heavy atom. The van der Waals surface area contributed by atoms with Crippen molar-refractivity contribution in [2.75, 3.05) is 11.1 Å². The molecule has 0 aliphatic rings. The summed E-state index contributed by atoms with van der Waals surface area (Å²) in [6.45, 7) is 2.05. The first-order valence-corrected chi connectivity index (χ1v) is 6.09. The molecule has 0 spiro atoms. The van der Waals surface area contributed by atoms with Crippen LogP contribution in [0, 0.1) is 6.92 Å². The number of nitrogens with one attached hydrogen (secondary N) is 1. The fraction of sp³-hybridized carbons (Fsp3) is 0.0667. The lowest BCUT2D eigenvalue weighted by molar-refractivity contribution is 1.23. The monoisotopic (exact) mass is 250 g/mol. The van der Waals surface area contributed by atoms with Gasteiger partial charge >= 0.3 is 0 Å². The average molecular weight is 250 g/mol. The largest absolute Gasteiger partial charge is 0.368 e. The summed E-state index contributed by atoms with van der Waals surface area (Å²) < 4.78 is 0. The normalized spacial score (nSPS) is 10.6. The van der Waals surface area contributed by atoms with E-state index in [4.69, 9.17) is 5.73 Å². The number of anilines is 3. The maximum Gasteiger partial charge on any atom is 0.222 e. The second-order valence-corrected chi connectivity index (χ2v) is 4.39. The maximum absolute atomic E-state index is 5.75. The second-order valence-electron chi connectivity index (χ2n) is 4.39. The maximum atomic E-state index is 5.75. The van der Waals surface area contributed by atoms with Gasteiger partial charge in [-0.25, -0.2) is 4.98 Å². The molecule has 0 amide bonds. The van der Waals surface area contributed by atoms with E-state index < -0.39 is 0 Å². The van der Waals surface area contributed by atoms with Gasteiger partial charge < -0.3 is 11.1 Å². The van der Waals surface area contributed by atoms with E-state index in [9.17, 15) is 0 Å². The predicted octanol–water partition coefficient (Wildman–Crippen LogP) is 3.26. The van der Waals surface area contributed by atoms with Crippen LogP contribution in [0.2, 0.25) is 0 Å². The van der Waals surface area contributed by atoms with Gasteiger partial charge in [0.25, 0.3) is 0 Å². The fourth-order valence-electron chi connectivity index (χ4n) is 2.03. The van der Waals surface area contributed by atoms with Gasteiger partial charge in [-0.05, 0) is 30.7 Å². The molecule has 1 heterocycles. The Balaban J connectivity index is 2.13. The number of benzene rings is 2. The fourth-order valence-corrected chi connectivity index (χ4v) is 2.03. The van der Waals surface area contributed by atoms with Crippen molar-refractivity contribution in [3.8, 4) is 0 Å². The second kappa shape index (κ2) is 4.57. The summed E-state index contributed by atoms with van der Waals surface area (Å²) in [5, 5.41) is 4.28. The van der Waals surface area contributed by atoms with Gasteiger partial charge in [0.2, 0.25) is 5.95 Å². The highest BCUT2D eigenvalue weighted by atomic mass is 15.1. The molecule has 3 rings (SSSR count). The van der Waals surface area contributed by atoms with Gasteiger partial charge in [-0.3, -0.25) is 0 Å². The summed E-state index contributed by atoms with van der Waals surface area (Å²) in [5.74, 6) is 1.01. The number of para-hydroxylation sites is 2. The van der Waals surface area contributed by atoms with E-state index in [1.807, 2.05) is 42.5 Å². The lowest BCUT2D eigenvalue weighted by atomic mass is 10.2. The Bertz CT molecular complexity index is 737. The Kier molecular flexibility index (Phi) is 2.76. The van der Waals surface area contributed by atoms with Crippen molar-refractivity contribution in [1.82, 2.24) is 9.97 Å². The van der Waals surface area contributed by atoms with Crippen molar-refractivity contribution in [2.45, 2.75) is 6.92 Å². The Labute approximate surface area is 111 Å². The van der Waals surface area contributed by atoms with Crippen LogP contribution in [0.3, 0.4) is 0 Å². The van der Waals surface area contributed by atoms with Crippen LogP contribution in [0.25, 0.3) is 10.9 Å². The van der Waals surface area contributed by atoms with Crippen LogP contribution >= 0.6 is 0 Å². The number of nitrogens with zero attached hydrogens (tertiary/aromatic N) is 2. The molecular weight excluding hydrogens is 236 g/mol. The Morgan fingerprint density at radius 2 is 1.68 bits per heavy atom. The summed E-state index contributed by atoms with van der Waals surface area (Å²) >= 11 is 0. The van der Waals surface area contributed by atoms with E-state index in [2.05, 4.69) is 28.3 Å². The molecule has 4 heteroatoms. The van der Waals surface area contributed by atoms with Crippen LogP contribution < -0.4 is 11.1 Å². The van der Waals surface area contributed by atoms with Crippen LogP contribution in [0.5, 0.6) is 0 Å². The predicted molar refractivity (Wildman–Crippen MR) is 78.4 cm³/mol. The van der Waals surface area contributed by atoms with Crippen molar-refractivity contribution in [3.63, 3.8) is 0 Å². The first-order chi connectivity index (χ1) is 9.24. The molecule has 0 aliphatic heterocycles. The minimum atomic E-state index is 0.273. The quantitative estimate of drug-likeness (QED) is 0.732. The lowest BCUT2D eigenvalue weighted by Crippen LogP contribution is -2.02. The summed E-state index contributed by atoms with van der Waals surface area (Å²) in [7, 11) is 0. The molecule has 94 valence electrons. The van der Waals surface area contributed by atoms with Crippen LogP contribution in [-0.4, -0.2) is 9.97 Å². The molecule has 0 saturated heterocycles. The van der Waals surface area contributed by atoms with Gasteiger partial charge in [0.15, 0.2) is 0 Å². The third-order valence-corrected chi connectivity index (χ3v) is 3.02. The lowest BCUT2D eigenvalue weighted by Gasteiger charge is -2.11. The van der Waals surface area contributed by atoms with Crippen LogP contribution in [-0.2, 0) is 0 Å². The number of hydrogen-bond acceptors (Lipinski definition) is 4. The number of nitrogens with two attached hydrogens (primary N) is 1. The van der Waals surface area contributed by atoms with Crippen molar-refractivity contribution in [3.05, 3.63) is 54.1 Å². The van der Waals surface area contributed by atoms with E-state index in [0.29, 0.717) is 0 Å². The van der Waals surface area contributed by atoms with Gasteiger partial charge in [-0.15, -0.1) is 0 Å². The van der Waals surface area contributed by atoms with E-state index in [0.717, 1.165) is 28.0 Å². The standard InChI is InChI=1S/C15H14N4/c1-10-6-2-4-8-12(10)17-14-11-7-3-5-9-13(11)18-15(16)19-14/h2-9H,1H3,(H3,16,17,18,19). The molecule has 2 aromatic carbocycles. The van der Waals surface area contributed by atoms with Crippen molar-refractivity contribution >= 4 is 28.4 Å². The summed E-state index contributed by atoms with van der Waals surface area (Å²) in [5.41, 5.74) is 8.77. The van der Waals surface area contributed by atoms with Crippen LogP contribution in [0.4, 0.5) is 17.5 Å². The van der Waals surface area contributed by atoms with Gasteiger partial charge in [0, 0.05) is 11.1 Å². The zero-order valence-electron chi connectivity index (χ0n) is 10.6. The third kappa shape index (κ3) is 2.20. The average Bonchev–Trinajstić information content (AvgIpc) is 2.41. The molecule has 4 nitrogen and oxygen atoms in total. The highest BCUT2D eigenvalue weighted by molar-refractivity contribution is 5.91. The third-order valence-electron chi connectivity index (χ3n) is 3.02. The number of fused-ring (bicyclic) bond motifs is 1. The van der Waals surface area contributed by atoms with Gasteiger partial charge in [-0.2, -0.15) is 4.98 Å². The number of rotatable bonds is 2. The highest BCUT2D eigenvalue weighted by Gasteiger charge is 2.06. The van der Waals surface area contributed by atoms with Gasteiger partial charge in [-0.1, -0.05) is 30.3 Å². The molecule has 0 atom stereocenters. The molecular formula is C15H14N4. The van der Waals surface area contributed by atoms with Crippen molar-refractivity contribution in [1.29, 1.82) is 0 Å². The molecule has 1 aromatic heterocycles. The molecule has 19 heavy (non-hydrogen) atoms. The zero-order valence-corrected chi connectivity index (χ0v) is 10.6. The Hall–Kier alpha value is -2.62. The van der Waals surface area contributed by atoms with Gasteiger partial charge in [0.1, 0.15) is 5.82 Å². The summed E-state index contributed by atoms with van der Waals surface area (Å²) in [6, 6.07) is 15.9. The van der Waals surface area contributed by atoms with Gasteiger partial charge in [0.05, 0.1) is 5.52 Å². The number of nitrogen functional groups attached to an aromatic ring is 1. The number of aromatic nitrogens is 2. The molecule has 0 radical (unpaired) electrons. The van der Waals surface area contributed by atoms with E-state index in [1.165, 1.54) is 0 Å². The summed E-state index contributed by atoms with van der Waals surface area (Å²) in [4.78, 5) is 8.52.